The van der Waals surface area contributed by atoms with Crippen molar-refractivity contribution in [1.82, 2.24) is 10.6 Å². The Kier molecular flexibility index (Phi) is 12.2. The molecule has 0 aromatic heterocycles. The summed E-state index contributed by atoms with van der Waals surface area (Å²) in [6.45, 7) is 3.84. The van der Waals surface area contributed by atoms with Crippen molar-refractivity contribution in [2.24, 2.45) is 5.41 Å². The van der Waals surface area contributed by atoms with Gasteiger partial charge in [0, 0.05) is 56.4 Å². The molecule has 1 unspecified atom stereocenters. The molecule has 1 fully saturated rings. The summed E-state index contributed by atoms with van der Waals surface area (Å²) >= 11 is 1.01. The minimum atomic E-state index is -1.82. The zero-order valence-electron chi connectivity index (χ0n) is 19.7. The number of rotatable bonds is 13. The molecule has 0 saturated carbocycles. The van der Waals surface area contributed by atoms with E-state index < -0.39 is 35.3 Å². The van der Waals surface area contributed by atoms with Gasteiger partial charge in [-0.15, -0.1) is 0 Å². The molecule has 1 aliphatic rings. The van der Waals surface area contributed by atoms with E-state index in [0.717, 1.165) is 23.9 Å². The highest BCUT2D eigenvalue weighted by Gasteiger charge is 2.49. The number of hydrogen-bond donors (Lipinski definition) is 3. The lowest BCUT2D eigenvalue weighted by Gasteiger charge is -2.45. The van der Waals surface area contributed by atoms with E-state index in [2.05, 4.69) is 15.4 Å². The number of thioether (sulfide) groups is 1. The Balaban J connectivity index is 2.42. The molecule has 34 heavy (non-hydrogen) atoms. The van der Waals surface area contributed by atoms with Crippen molar-refractivity contribution in [3.05, 3.63) is 12.2 Å². The number of carbonyl (C=O) groups is 5. The van der Waals surface area contributed by atoms with E-state index in [9.17, 15) is 24.0 Å². The van der Waals surface area contributed by atoms with Gasteiger partial charge in [0.05, 0.1) is 20.1 Å². The lowest BCUT2D eigenvalue weighted by Crippen LogP contribution is -2.58. The number of carboxylic acid groups (broad SMARTS) is 1. The Morgan fingerprint density at radius 3 is 2.41 bits per heavy atom. The Morgan fingerprint density at radius 2 is 1.79 bits per heavy atom. The summed E-state index contributed by atoms with van der Waals surface area (Å²) < 4.78 is 20.8. The summed E-state index contributed by atoms with van der Waals surface area (Å²) in [7, 11) is 2.51. The monoisotopic (exact) mass is 504 g/mol. The molecule has 0 spiro atoms. The van der Waals surface area contributed by atoms with E-state index in [1.807, 2.05) is 0 Å². The SMILES string of the molecule is COC(=O)CCC(=O)SCCNC(=O)CCNC(=O)[C@@H]1OC(/C=C/C(=O)O)(OC)OCC1(C)C. The second kappa shape index (κ2) is 14.0. The number of esters is 1. The first-order valence-corrected chi connectivity index (χ1v) is 11.5. The summed E-state index contributed by atoms with van der Waals surface area (Å²) in [5, 5.41) is 14.0. The molecule has 0 aromatic carbocycles. The molecule has 12 nitrogen and oxygen atoms in total. The molecule has 0 radical (unpaired) electrons. The van der Waals surface area contributed by atoms with Gasteiger partial charge in [-0.1, -0.05) is 25.6 Å². The Morgan fingerprint density at radius 1 is 1.09 bits per heavy atom. The fourth-order valence-electron chi connectivity index (χ4n) is 2.78. The van der Waals surface area contributed by atoms with Crippen LogP contribution < -0.4 is 10.6 Å². The van der Waals surface area contributed by atoms with E-state index in [1.165, 1.54) is 14.2 Å². The minimum absolute atomic E-state index is 0.00464. The molecule has 0 bridgehead atoms. The van der Waals surface area contributed by atoms with Crippen molar-refractivity contribution in [2.75, 3.05) is 39.7 Å². The fourth-order valence-corrected chi connectivity index (χ4v) is 3.46. The summed E-state index contributed by atoms with van der Waals surface area (Å²) in [6, 6.07) is 0. The molecule has 1 rings (SSSR count). The lowest BCUT2D eigenvalue weighted by molar-refractivity contribution is -0.396. The number of methoxy groups -OCH3 is 2. The zero-order valence-corrected chi connectivity index (χ0v) is 20.5. The zero-order chi connectivity index (χ0) is 25.8. The average Bonchev–Trinajstić information content (AvgIpc) is 2.79. The van der Waals surface area contributed by atoms with Crippen LogP contribution in [-0.4, -0.2) is 85.7 Å². The van der Waals surface area contributed by atoms with Gasteiger partial charge in [0.25, 0.3) is 0 Å². The Hall–Kier alpha value is -2.48. The summed E-state index contributed by atoms with van der Waals surface area (Å²) in [4.78, 5) is 58.2. The third-order valence-electron chi connectivity index (χ3n) is 4.69. The fraction of sp³-hybridized carbons (Fsp3) is 0.667. The van der Waals surface area contributed by atoms with Crippen LogP contribution in [0.15, 0.2) is 12.2 Å². The number of ether oxygens (including phenoxy) is 4. The summed E-state index contributed by atoms with van der Waals surface area (Å²) in [5.74, 6) is -3.97. The van der Waals surface area contributed by atoms with Gasteiger partial charge in [-0.05, 0) is 0 Å². The van der Waals surface area contributed by atoms with Crippen molar-refractivity contribution >= 4 is 40.6 Å². The number of carboxylic acids is 1. The molecule has 1 aliphatic heterocycles. The van der Waals surface area contributed by atoms with Gasteiger partial charge < -0.3 is 34.7 Å². The third kappa shape index (κ3) is 10.2. The van der Waals surface area contributed by atoms with E-state index >= 15 is 0 Å². The third-order valence-corrected chi connectivity index (χ3v) is 5.62. The maximum Gasteiger partial charge on any atom is 0.328 e. The van der Waals surface area contributed by atoms with Crippen molar-refractivity contribution < 1.29 is 48.0 Å². The number of carbonyl (C=O) groups excluding carboxylic acids is 4. The molecular formula is C21H32N2O10S. The van der Waals surface area contributed by atoms with Crippen LogP contribution in [-0.2, 0) is 42.9 Å². The first-order chi connectivity index (χ1) is 15.9. The summed E-state index contributed by atoms with van der Waals surface area (Å²) in [6.07, 6.45) is 0.921. The van der Waals surface area contributed by atoms with Crippen molar-refractivity contribution in [1.29, 1.82) is 0 Å². The molecule has 0 aromatic rings. The molecule has 2 atom stereocenters. The second-order valence-electron chi connectivity index (χ2n) is 7.94. The van der Waals surface area contributed by atoms with Gasteiger partial charge in [-0.2, -0.15) is 0 Å². The average molecular weight is 505 g/mol. The topological polar surface area (TPSA) is 167 Å². The van der Waals surface area contributed by atoms with Crippen LogP contribution in [0, 0.1) is 5.41 Å². The van der Waals surface area contributed by atoms with Crippen LogP contribution in [0.3, 0.4) is 0 Å². The molecular weight excluding hydrogens is 472 g/mol. The van der Waals surface area contributed by atoms with Crippen LogP contribution >= 0.6 is 11.8 Å². The normalized spacial score (nSPS) is 21.6. The van der Waals surface area contributed by atoms with E-state index in [1.54, 1.807) is 13.8 Å². The quantitative estimate of drug-likeness (QED) is 0.178. The number of nitrogens with one attached hydrogen (secondary N) is 2. The highest BCUT2D eigenvalue weighted by molar-refractivity contribution is 8.13. The Bertz CT molecular complexity index is 786. The standard InChI is InChI=1S/C21H32N2O10S/c1-20(2)13-32-21(31-4,9-7-15(25)26)33-18(20)19(29)23-10-8-14(24)22-11-12-34-17(28)6-5-16(27)30-3/h7,9,18H,5-6,8,10-13H2,1-4H3,(H,22,24)(H,23,29)(H,25,26)/b9-7+/t18-,21?/m0/s1. The molecule has 0 aliphatic carbocycles. The number of amides is 2. The maximum atomic E-state index is 12.7. The Labute approximate surface area is 202 Å². The van der Waals surface area contributed by atoms with Crippen LogP contribution in [0.1, 0.15) is 33.1 Å². The predicted molar refractivity (Wildman–Crippen MR) is 120 cm³/mol. The lowest BCUT2D eigenvalue weighted by atomic mass is 9.85. The molecule has 1 saturated heterocycles. The molecule has 192 valence electrons. The van der Waals surface area contributed by atoms with E-state index in [4.69, 9.17) is 19.3 Å². The van der Waals surface area contributed by atoms with Crippen LogP contribution in [0.5, 0.6) is 0 Å². The number of hydrogen-bond acceptors (Lipinski definition) is 10. The van der Waals surface area contributed by atoms with Gasteiger partial charge in [0.15, 0.2) is 5.12 Å². The molecule has 3 N–H and O–H groups in total. The van der Waals surface area contributed by atoms with Crippen LogP contribution in [0.25, 0.3) is 0 Å². The van der Waals surface area contributed by atoms with Crippen LogP contribution in [0.2, 0.25) is 0 Å². The molecule has 2 amide bonds. The minimum Gasteiger partial charge on any atom is -0.478 e. The van der Waals surface area contributed by atoms with Crippen molar-refractivity contribution in [3.8, 4) is 0 Å². The van der Waals surface area contributed by atoms with Gasteiger partial charge in [-0.3, -0.25) is 19.2 Å². The van der Waals surface area contributed by atoms with Gasteiger partial charge >= 0.3 is 17.9 Å². The first kappa shape index (κ1) is 29.6. The first-order valence-electron chi connectivity index (χ1n) is 10.5. The number of aliphatic carboxylic acids is 1. The predicted octanol–water partition coefficient (Wildman–Crippen LogP) is 0.205. The van der Waals surface area contributed by atoms with E-state index in [-0.39, 0.29) is 50.0 Å². The summed E-state index contributed by atoms with van der Waals surface area (Å²) in [5.41, 5.74) is -0.747. The van der Waals surface area contributed by atoms with E-state index in [0.29, 0.717) is 5.75 Å². The smallest absolute Gasteiger partial charge is 0.328 e. The second-order valence-corrected chi connectivity index (χ2v) is 9.09. The molecule has 13 heteroatoms. The largest absolute Gasteiger partial charge is 0.478 e. The van der Waals surface area contributed by atoms with Gasteiger partial charge in [0.1, 0.15) is 6.10 Å². The van der Waals surface area contributed by atoms with Crippen molar-refractivity contribution in [2.45, 2.75) is 45.2 Å². The molecule has 1 heterocycles. The highest BCUT2D eigenvalue weighted by Crippen LogP contribution is 2.36. The highest BCUT2D eigenvalue weighted by atomic mass is 32.2. The maximum absolute atomic E-state index is 12.7. The van der Waals surface area contributed by atoms with Crippen molar-refractivity contribution in [3.63, 3.8) is 0 Å². The van der Waals surface area contributed by atoms with Gasteiger partial charge in [-0.25, -0.2) is 4.79 Å². The van der Waals surface area contributed by atoms with Gasteiger partial charge in [0.2, 0.25) is 11.8 Å². The van der Waals surface area contributed by atoms with Crippen LogP contribution in [0.4, 0.5) is 0 Å².